The molecule has 2 fully saturated rings. The van der Waals surface area contributed by atoms with E-state index >= 15 is 0 Å². The van der Waals surface area contributed by atoms with E-state index < -0.39 is 0 Å². The zero-order valence-corrected chi connectivity index (χ0v) is 12.0. The minimum atomic E-state index is 0.570. The minimum Gasteiger partial charge on any atom is -0.314 e. The van der Waals surface area contributed by atoms with E-state index in [1.165, 1.54) is 37.8 Å². The molecule has 1 aliphatic heterocycles. The smallest absolute Gasteiger partial charge is 0.0476 e. The molecule has 1 saturated heterocycles. The first-order valence-electron chi connectivity index (χ1n) is 7.87. The fraction of sp³-hybridized carbons (Fsp3) is 0.647. The van der Waals surface area contributed by atoms with Gasteiger partial charge < -0.3 is 5.32 Å². The Morgan fingerprint density at radius 3 is 2.68 bits per heavy atom. The summed E-state index contributed by atoms with van der Waals surface area (Å²) in [4.78, 5) is 2.79. The van der Waals surface area contributed by atoms with Crippen LogP contribution in [0.15, 0.2) is 30.3 Å². The Bertz CT molecular complexity index is 390. The summed E-state index contributed by atoms with van der Waals surface area (Å²) in [6.45, 7) is 5.91. The number of rotatable bonds is 2. The van der Waals surface area contributed by atoms with E-state index in [1.54, 1.807) is 0 Å². The lowest BCUT2D eigenvalue weighted by atomic mass is 9.83. The van der Waals surface area contributed by atoms with Crippen molar-refractivity contribution in [3.63, 3.8) is 0 Å². The van der Waals surface area contributed by atoms with E-state index in [1.807, 2.05) is 0 Å². The molecule has 3 unspecified atom stereocenters. The van der Waals surface area contributed by atoms with Gasteiger partial charge in [0.05, 0.1) is 0 Å². The lowest BCUT2D eigenvalue weighted by Gasteiger charge is -2.46. The first-order chi connectivity index (χ1) is 9.36. The Morgan fingerprint density at radius 2 is 1.89 bits per heavy atom. The average molecular weight is 258 g/mol. The van der Waals surface area contributed by atoms with Crippen LogP contribution in [0, 0.1) is 5.92 Å². The van der Waals surface area contributed by atoms with Gasteiger partial charge in [0.25, 0.3) is 0 Å². The van der Waals surface area contributed by atoms with Crippen LogP contribution in [0.4, 0.5) is 0 Å². The third-order valence-electron chi connectivity index (χ3n) is 4.96. The maximum atomic E-state index is 3.58. The minimum absolute atomic E-state index is 0.570. The van der Waals surface area contributed by atoms with Gasteiger partial charge in [-0.2, -0.15) is 0 Å². The molecule has 1 aromatic rings. The van der Waals surface area contributed by atoms with E-state index in [0.717, 1.165) is 25.0 Å². The third kappa shape index (κ3) is 2.85. The first kappa shape index (κ1) is 13.1. The molecular formula is C17H26N2. The van der Waals surface area contributed by atoms with Crippen molar-refractivity contribution in [3.8, 4) is 0 Å². The van der Waals surface area contributed by atoms with E-state index in [4.69, 9.17) is 0 Å². The molecule has 19 heavy (non-hydrogen) atoms. The van der Waals surface area contributed by atoms with Crippen LogP contribution in [0.2, 0.25) is 0 Å². The van der Waals surface area contributed by atoms with Gasteiger partial charge in [0.15, 0.2) is 0 Å². The SMILES string of the molecule is CC1CCCCC1N1CCNCC1c1ccccc1. The summed E-state index contributed by atoms with van der Waals surface area (Å²) >= 11 is 0. The molecule has 0 bridgehead atoms. The van der Waals surface area contributed by atoms with Crippen molar-refractivity contribution >= 4 is 0 Å². The maximum Gasteiger partial charge on any atom is 0.0476 e. The average Bonchev–Trinajstić information content (AvgIpc) is 2.49. The van der Waals surface area contributed by atoms with Crippen LogP contribution in [0.5, 0.6) is 0 Å². The van der Waals surface area contributed by atoms with E-state index in [-0.39, 0.29) is 0 Å². The highest BCUT2D eigenvalue weighted by molar-refractivity contribution is 5.20. The maximum absolute atomic E-state index is 3.58. The van der Waals surface area contributed by atoms with Gasteiger partial charge in [0.1, 0.15) is 0 Å². The van der Waals surface area contributed by atoms with Gasteiger partial charge >= 0.3 is 0 Å². The predicted molar refractivity (Wildman–Crippen MR) is 80.2 cm³/mol. The van der Waals surface area contributed by atoms with Gasteiger partial charge in [-0.25, -0.2) is 0 Å². The second kappa shape index (κ2) is 6.06. The monoisotopic (exact) mass is 258 g/mol. The molecule has 1 aliphatic carbocycles. The van der Waals surface area contributed by atoms with Crippen molar-refractivity contribution in [2.45, 2.75) is 44.7 Å². The number of hydrogen-bond acceptors (Lipinski definition) is 2. The lowest BCUT2D eigenvalue weighted by molar-refractivity contribution is 0.0515. The molecule has 1 heterocycles. The Balaban J connectivity index is 1.80. The second-order valence-electron chi connectivity index (χ2n) is 6.20. The predicted octanol–water partition coefficient (Wildman–Crippen LogP) is 3.21. The summed E-state index contributed by atoms with van der Waals surface area (Å²) in [6.07, 6.45) is 5.65. The molecule has 2 heteroatoms. The van der Waals surface area contributed by atoms with Crippen LogP contribution in [-0.2, 0) is 0 Å². The summed E-state index contributed by atoms with van der Waals surface area (Å²) < 4.78 is 0. The standard InChI is InChI=1S/C17H26N2/c1-14-7-5-6-10-16(14)19-12-11-18-13-17(19)15-8-3-2-4-9-15/h2-4,8-9,14,16-18H,5-7,10-13H2,1H3. The van der Waals surface area contributed by atoms with Gasteiger partial charge in [0.2, 0.25) is 0 Å². The molecule has 1 N–H and O–H groups in total. The topological polar surface area (TPSA) is 15.3 Å². The van der Waals surface area contributed by atoms with E-state index in [9.17, 15) is 0 Å². The van der Waals surface area contributed by atoms with E-state index in [0.29, 0.717) is 6.04 Å². The van der Waals surface area contributed by atoms with Crippen molar-refractivity contribution in [3.05, 3.63) is 35.9 Å². The summed E-state index contributed by atoms with van der Waals surface area (Å²) in [6, 6.07) is 12.4. The van der Waals surface area contributed by atoms with Crippen LogP contribution in [0.1, 0.15) is 44.2 Å². The van der Waals surface area contributed by atoms with E-state index in [2.05, 4.69) is 47.5 Å². The molecular weight excluding hydrogens is 232 g/mol. The molecule has 104 valence electrons. The van der Waals surface area contributed by atoms with Gasteiger partial charge in [-0.05, 0) is 24.3 Å². The number of nitrogens with zero attached hydrogens (tertiary/aromatic N) is 1. The third-order valence-corrected chi connectivity index (χ3v) is 4.96. The van der Waals surface area contributed by atoms with Crippen LogP contribution in [-0.4, -0.2) is 30.6 Å². The van der Waals surface area contributed by atoms with Crippen molar-refractivity contribution in [2.75, 3.05) is 19.6 Å². The largest absolute Gasteiger partial charge is 0.314 e. The zero-order valence-electron chi connectivity index (χ0n) is 12.0. The lowest BCUT2D eigenvalue weighted by Crippen LogP contribution is -2.52. The Labute approximate surface area is 117 Å². The number of piperazine rings is 1. The molecule has 3 atom stereocenters. The van der Waals surface area contributed by atoms with Crippen molar-refractivity contribution < 1.29 is 0 Å². The highest BCUT2D eigenvalue weighted by Gasteiger charge is 2.33. The fourth-order valence-corrected chi connectivity index (χ4v) is 3.89. The Hall–Kier alpha value is -0.860. The normalized spacial score (nSPS) is 33.2. The first-order valence-corrected chi connectivity index (χ1v) is 7.87. The number of nitrogens with one attached hydrogen (secondary N) is 1. The molecule has 1 aromatic carbocycles. The molecule has 0 radical (unpaired) electrons. The Kier molecular flexibility index (Phi) is 4.19. The quantitative estimate of drug-likeness (QED) is 0.876. The molecule has 2 nitrogen and oxygen atoms in total. The van der Waals surface area contributed by atoms with Crippen LogP contribution in [0.25, 0.3) is 0 Å². The molecule has 2 aliphatic rings. The molecule has 1 saturated carbocycles. The van der Waals surface area contributed by atoms with Gasteiger partial charge in [0, 0.05) is 31.7 Å². The van der Waals surface area contributed by atoms with Gasteiger partial charge in [-0.3, -0.25) is 4.90 Å². The summed E-state index contributed by atoms with van der Waals surface area (Å²) in [7, 11) is 0. The summed E-state index contributed by atoms with van der Waals surface area (Å²) in [5, 5.41) is 3.58. The van der Waals surface area contributed by atoms with Crippen molar-refractivity contribution in [2.24, 2.45) is 5.92 Å². The number of benzene rings is 1. The molecule has 0 spiro atoms. The zero-order chi connectivity index (χ0) is 13.1. The van der Waals surface area contributed by atoms with Crippen LogP contribution < -0.4 is 5.32 Å². The molecule has 0 aromatic heterocycles. The highest BCUT2D eigenvalue weighted by Crippen LogP contribution is 2.34. The van der Waals surface area contributed by atoms with Gasteiger partial charge in [-0.1, -0.05) is 50.1 Å². The fourth-order valence-electron chi connectivity index (χ4n) is 3.89. The summed E-state index contributed by atoms with van der Waals surface area (Å²) in [5.74, 6) is 0.859. The van der Waals surface area contributed by atoms with Gasteiger partial charge in [-0.15, -0.1) is 0 Å². The molecule has 3 rings (SSSR count). The summed E-state index contributed by atoms with van der Waals surface area (Å²) in [5.41, 5.74) is 1.48. The van der Waals surface area contributed by atoms with Crippen LogP contribution in [0.3, 0.4) is 0 Å². The molecule has 0 amide bonds. The van der Waals surface area contributed by atoms with Crippen molar-refractivity contribution in [1.82, 2.24) is 10.2 Å². The number of hydrogen-bond donors (Lipinski definition) is 1. The second-order valence-corrected chi connectivity index (χ2v) is 6.20. The van der Waals surface area contributed by atoms with Crippen LogP contribution >= 0.6 is 0 Å². The van der Waals surface area contributed by atoms with Crippen molar-refractivity contribution in [1.29, 1.82) is 0 Å². The Morgan fingerprint density at radius 1 is 1.11 bits per heavy atom. The highest BCUT2D eigenvalue weighted by atomic mass is 15.2.